The van der Waals surface area contributed by atoms with E-state index >= 15 is 0 Å². The first-order valence-corrected chi connectivity index (χ1v) is 13.4. The molecule has 1 amide bonds. The minimum atomic E-state index is -1.17. The van der Waals surface area contributed by atoms with Crippen molar-refractivity contribution in [3.05, 3.63) is 47.5 Å². The smallest absolute Gasteiger partial charge is 0.251 e. The molecular formula is C23H24N4O2S3. The van der Waals surface area contributed by atoms with Gasteiger partial charge >= 0.3 is 0 Å². The van der Waals surface area contributed by atoms with E-state index in [0.29, 0.717) is 27.8 Å². The van der Waals surface area contributed by atoms with Gasteiger partial charge in [0, 0.05) is 29.1 Å². The molecular weight excluding hydrogens is 460 g/mol. The first-order chi connectivity index (χ1) is 15.5. The first kappa shape index (κ1) is 22.7. The van der Waals surface area contributed by atoms with E-state index in [1.54, 1.807) is 12.3 Å². The lowest BCUT2D eigenvalue weighted by Crippen LogP contribution is -2.22. The van der Waals surface area contributed by atoms with E-state index in [-0.39, 0.29) is 5.91 Å². The van der Waals surface area contributed by atoms with Gasteiger partial charge in [0.2, 0.25) is 4.21 Å². The van der Waals surface area contributed by atoms with Gasteiger partial charge in [0.25, 0.3) is 5.91 Å². The van der Waals surface area contributed by atoms with Crippen molar-refractivity contribution in [2.24, 2.45) is 0 Å². The number of nitrogens with zero attached hydrogens (tertiary/aromatic N) is 2. The summed E-state index contributed by atoms with van der Waals surface area (Å²) in [6.45, 7) is 4.52. The van der Waals surface area contributed by atoms with Crippen LogP contribution in [0.15, 0.2) is 46.1 Å². The minimum absolute atomic E-state index is 0.126. The van der Waals surface area contributed by atoms with E-state index < -0.39 is 11.2 Å². The molecule has 4 rings (SSSR count). The Hall–Kier alpha value is -2.46. The summed E-state index contributed by atoms with van der Waals surface area (Å²) in [6.07, 6.45) is 3.59. The van der Waals surface area contributed by atoms with Crippen LogP contribution < -0.4 is 11.1 Å². The number of benzene rings is 1. The number of aromatic nitrogens is 2. The van der Waals surface area contributed by atoms with Gasteiger partial charge in [0.05, 0.1) is 0 Å². The molecule has 3 N–H and O–H groups in total. The van der Waals surface area contributed by atoms with E-state index in [0.717, 1.165) is 44.9 Å². The van der Waals surface area contributed by atoms with Gasteiger partial charge in [-0.1, -0.05) is 36.8 Å². The third-order valence-corrected chi connectivity index (χ3v) is 8.77. The summed E-state index contributed by atoms with van der Waals surface area (Å²) in [6, 6.07) is 9.42. The number of rotatable bonds is 8. The Bertz CT molecular complexity index is 1240. The number of thiophene rings is 1. The number of carbonyl (C=O) groups is 1. The maximum Gasteiger partial charge on any atom is 0.251 e. The highest BCUT2D eigenvalue weighted by molar-refractivity contribution is 7.93. The van der Waals surface area contributed by atoms with Gasteiger partial charge in [-0.05, 0) is 53.8 Å². The maximum absolute atomic E-state index is 12.9. The zero-order chi connectivity index (χ0) is 22.7. The number of amides is 1. The maximum atomic E-state index is 12.9. The number of unbranched alkanes of at least 4 members (excludes halogenated alkanes) is 1. The molecule has 1 unspecified atom stereocenters. The van der Waals surface area contributed by atoms with E-state index in [2.05, 4.69) is 17.2 Å². The number of anilines is 1. The fraction of sp³-hybridized carbons (Fsp3) is 0.261. The lowest BCUT2D eigenvalue weighted by Gasteiger charge is -2.10. The Kier molecular flexibility index (Phi) is 7.10. The lowest BCUT2D eigenvalue weighted by molar-refractivity contribution is 0.0956. The second-order valence-corrected chi connectivity index (χ2v) is 10.9. The standard InChI is InChI=1S/C23H24N4O2S3/c1-3-5-11-32(29)23-19(24)18-16(14-7-6-8-15(12-14)20(28)25-4-2)13-17(27-22(18)31-23)21-26-9-10-30-21/h6-10,12-13H,3-5,11,24H2,1-2H3,(H,25,28). The molecule has 0 spiro atoms. The molecule has 0 saturated heterocycles. The third kappa shape index (κ3) is 4.52. The molecule has 3 heterocycles. The van der Waals surface area contributed by atoms with Gasteiger partial charge in [-0.2, -0.15) is 0 Å². The fourth-order valence-electron chi connectivity index (χ4n) is 3.42. The van der Waals surface area contributed by atoms with Gasteiger partial charge < -0.3 is 15.6 Å². The number of hydrogen-bond donors (Lipinski definition) is 2. The Morgan fingerprint density at radius 2 is 2.12 bits per heavy atom. The van der Waals surface area contributed by atoms with Gasteiger partial charge in [0.1, 0.15) is 27.0 Å². The third-order valence-electron chi connectivity index (χ3n) is 4.98. The topological polar surface area (TPSA) is 104 Å². The Morgan fingerprint density at radius 1 is 1.28 bits per heavy atom. The van der Waals surface area contributed by atoms with Crippen LogP contribution in [0.4, 0.5) is 5.69 Å². The highest BCUT2D eigenvalue weighted by Crippen LogP contribution is 2.43. The number of hydrogen-bond acceptors (Lipinski definition) is 7. The molecule has 0 fully saturated rings. The van der Waals surface area contributed by atoms with Crippen molar-refractivity contribution >= 4 is 55.7 Å². The fourth-order valence-corrected chi connectivity index (χ4v) is 6.81. The molecule has 1 aromatic carbocycles. The molecule has 0 aliphatic rings. The highest BCUT2D eigenvalue weighted by atomic mass is 32.2. The number of nitrogen functional groups attached to an aromatic ring is 1. The number of nitrogens with one attached hydrogen (secondary N) is 1. The Balaban J connectivity index is 1.91. The molecule has 0 saturated carbocycles. The number of thiazole rings is 1. The summed E-state index contributed by atoms with van der Waals surface area (Å²) in [5.41, 5.74) is 10.1. The highest BCUT2D eigenvalue weighted by Gasteiger charge is 2.25. The van der Waals surface area contributed by atoms with Gasteiger partial charge in [0.15, 0.2) is 0 Å². The van der Waals surface area contributed by atoms with Crippen molar-refractivity contribution < 1.29 is 9.35 Å². The van der Waals surface area contributed by atoms with E-state index in [9.17, 15) is 9.35 Å². The van der Waals surface area contributed by atoms with Crippen molar-refractivity contribution in [1.29, 1.82) is 0 Å². The quantitative estimate of drug-likeness (QED) is 0.329. The van der Waals surface area contributed by atoms with Crippen LogP contribution in [0.5, 0.6) is 0 Å². The average Bonchev–Trinajstić information content (AvgIpc) is 3.46. The Labute approximate surface area is 198 Å². The normalized spacial score (nSPS) is 12.2. The van der Waals surface area contributed by atoms with Crippen LogP contribution in [0.25, 0.3) is 32.0 Å². The van der Waals surface area contributed by atoms with Crippen LogP contribution in [0.2, 0.25) is 0 Å². The zero-order valence-corrected chi connectivity index (χ0v) is 20.3. The Morgan fingerprint density at radius 3 is 2.84 bits per heavy atom. The van der Waals surface area contributed by atoms with E-state index in [4.69, 9.17) is 10.7 Å². The zero-order valence-electron chi connectivity index (χ0n) is 17.9. The second kappa shape index (κ2) is 9.99. The largest absolute Gasteiger partial charge is 0.611 e. The van der Waals surface area contributed by atoms with Gasteiger partial charge in [-0.15, -0.1) is 11.3 Å². The molecule has 166 valence electrons. The molecule has 0 aliphatic heterocycles. The monoisotopic (exact) mass is 484 g/mol. The number of carbonyl (C=O) groups excluding carboxylic acids is 1. The van der Waals surface area contributed by atoms with Crippen molar-refractivity contribution in [3.63, 3.8) is 0 Å². The van der Waals surface area contributed by atoms with Crippen molar-refractivity contribution in [2.45, 2.75) is 30.9 Å². The van der Waals surface area contributed by atoms with Crippen LogP contribution in [0, 0.1) is 0 Å². The first-order valence-electron chi connectivity index (χ1n) is 10.4. The van der Waals surface area contributed by atoms with Crippen molar-refractivity contribution in [3.8, 4) is 21.8 Å². The minimum Gasteiger partial charge on any atom is -0.611 e. The molecule has 32 heavy (non-hydrogen) atoms. The predicted octanol–water partition coefficient (Wildman–Crippen LogP) is 5.33. The summed E-state index contributed by atoms with van der Waals surface area (Å²) in [4.78, 5) is 22.4. The van der Waals surface area contributed by atoms with Gasteiger partial charge in [-0.3, -0.25) is 4.79 Å². The molecule has 0 radical (unpaired) electrons. The molecule has 1 atom stereocenters. The van der Waals surface area contributed by atoms with E-state index in [1.807, 2.05) is 36.6 Å². The lowest BCUT2D eigenvalue weighted by atomic mass is 9.99. The number of pyridine rings is 1. The summed E-state index contributed by atoms with van der Waals surface area (Å²) in [5, 5.41) is 6.33. The summed E-state index contributed by atoms with van der Waals surface area (Å²) >= 11 is 1.72. The van der Waals surface area contributed by atoms with E-state index in [1.165, 1.54) is 22.7 Å². The summed E-state index contributed by atoms with van der Waals surface area (Å²) in [5.74, 6) is 0.453. The molecule has 9 heteroatoms. The van der Waals surface area contributed by atoms with Crippen LogP contribution in [0.1, 0.15) is 37.0 Å². The molecule has 0 aliphatic carbocycles. The second-order valence-electron chi connectivity index (χ2n) is 7.22. The van der Waals surface area contributed by atoms with Crippen molar-refractivity contribution in [2.75, 3.05) is 18.0 Å². The molecule has 0 bridgehead atoms. The summed E-state index contributed by atoms with van der Waals surface area (Å²) < 4.78 is 13.6. The van der Waals surface area contributed by atoms with Crippen LogP contribution in [0.3, 0.4) is 0 Å². The average molecular weight is 485 g/mol. The predicted molar refractivity (Wildman–Crippen MR) is 135 cm³/mol. The van der Waals surface area contributed by atoms with Crippen LogP contribution in [-0.4, -0.2) is 32.7 Å². The molecule has 6 nitrogen and oxygen atoms in total. The van der Waals surface area contributed by atoms with Crippen LogP contribution in [-0.2, 0) is 11.2 Å². The SMILES string of the molecule is CCCC[S+]([O-])c1sc2nc(-c3nccs3)cc(-c3cccc(C(=O)NCC)c3)c2c1N. The number of fused-ring (bicyclic) bond motifs is 1. The van der Waals surface area contributed by atoms with Gasteiger partial charge in [-0.25, -0.2) is 9.97 Å². The van der Waals surface area contributed by atoms with Crippen LogP contribution >= 0.6 is 22.7 Å². The summed E-state index contributed by atoms with van der Waals surface area (Å²) in [7, 11) is 0. The van der Waals surface area contributed by atoms with Crippen molar-refractivity contribution in [1.82, 2.24) is 15.3 Å². The molecule has 3 aromatic heterocycles. The molecule has 4 aromatic rings. The number of nitrogens with two attached hydrogens (primary N) is 1.